The second-order valence-corrected chi connectivity index (χ2v) is 8.97. The van der Waals surface area contributed by atoms with Gasteiger partial charge in [-0.05, 0) is 29.0 Å². The molecule has 3 heterocycles. The third-order valence-corrected chi connectivity index (χ3v) is 7.07. The molecule has 2 aromatic carbocycles. The normalized spacial score (nSPS) is 14.5. The second kappa shape index (κ2) is 7.91. The number of hydrogen-bond acceptors (Lipinski definition) is 6. The molecule has 6 heteroatoms. The number of thiazole rings is 1. The van der Waals surface area contributed by atoms with Gasteiger partial charge in [-0.3, -0.25) is 0 Å². The van der Waals surface area contributed by atoms with Gasteiger partial charge in [0.1, 0.15) is 5.03 Å². The van der Waals surface area contributed by atoms with Crippen molar-refractivity contribution in [2.24, 2.45) is 0 Å². The fourth-order valence-corrected chi connectivity index (χ4v) is 5.61. The Morgan fingerprint density at radius 3 is 2.57 bits per heavy atom. The Balaban J connectivity index is 1.58. The Morgan fingerprint density at radius 1 is 0.929 bits per heavy atom. The number of pyridine rings is 1. The first-order valence-corrected chi connectivity index (χ1v) is 11.0. The van der Waals surface area contributed by atoms with Crippen molar-refractivity contribution in [1.29, 1.82) is 0 Å². The van der Waals surface area contributed by atoms with Gasteiger partial charge in [-0.1, -0.05) is 65.6 Å². The van der Waals surface area contributed by atoms with Crippen LogP contribution in [0.4, 0.5) is 5.13 Å². The quantitative estimate of drug-likeness (QED) is 0.523. The lowest BCUT2D eigenvalue weighted by Crippen LogP contribution is -2.43. The summed E-state index contributed by atoms with van der Waals surface area (Å²) in [5.41, 5.74) is 2.22. The molecule has 140 valence electrons. The van der Waals surface area contributed by atoms with E-state index in [4.69, 9.17) is 4.98 Å². The maximum Gasteiger partial charge on any atom is 0.187 e. The van der Waals surface area contributed by atoms with Gasteiger partial charge in [0.25, 0.3) is 0 Å². The van der Waals surface area contributed by atoms with Crippen LogP contribution in [0.2, 0.25) is 0 Å². The summed E-state index contributed by atoms with van der Waals surface area (Å²) in [6.07, 6.45) is 1.84. The Bertz CT molecular complexity index is 1090. The Morgan fingerprint density at radius 2 is 1.75 bits per heavy atom. The van der Waals surface area contributed by atoms with Crippen LogP contribution in [0.25, 0.3) is 22.0 Å². The number of benzene rings is 2. The lowest BCUT2D eigenvalue weighted by molar-refractivity contribution is 0.588. The topological polar surface area (TPSA) is 41.0 Å². The molecule has 28 heavy (non-hydrogen) atoms. The van der Waals surface area contributed by atoms with E-state index in [1.807, 2.05) is 18.3 Å². The summed E-state index contributed by atoms with van der Waals surface area (Å²) in [5, 5.41) is 8.01. The molecule has 0 unspecified atom stereocenters. The summed E-state index contributed by atoms with van der Waals surface area (Å²) >= 11 is 3.47. The van der Waals surface area contributed by atoms with E-state index in [9.17, 15) is 0 Å². The van der Waals surface area contributed by atoms with Crippen LogP contribution in [0, 0.1) is 0 Å². The summed E-state index contributed by atoms with van der Waals surface area (Å²) < 4.78 is 1.20. The van der Waals surface area contributed by atoms with Gasteiger partial charge < -0.3 is 10.2 Å². The van der Waals surface area contributed by atoms with Crippen LogP contribution in [-0.4, -0.2) is 36.1 Å². The molecular weight excluding hydrogens is 384 g/mol. The zero-order chi connectivity index (χ0) is 18.8. The van der Waals surface area contributed by atoms with Gasteiger partial charge in [-0.15, -0.1) is 0 Å². The molecule has 4 nitrogen and oxygen atoms in total. The molecule has 0 amide bonds. The monoisotopic (exact) mass is 404 g/mol. The van der Waals surface area contributed by atoms with Crippen LogP contribution in [0.15, 0.2) is 76.1 Å². The van der Waals surface area contributed by atoms with Crippen LogP contribution in [0.1, 0.15) is 0 Å². The predicted octanol–water partition coefficient (Wildman–Crippen LogP) is 4.92. The highest BCUT2D eigenvalue weighted by molar-refractivity contribution is 8.01. The molecule has 1 fully saturated rings. The van der Waals surface area contributed by atoms with E-state index < -0.39 is 0 Å². The molecule has 0 radical (unpaired) electrons. The smallest absolute Gasteiger partial charge is 0.187 e. The molecule has 0 aliphatic carbocycles. The highest BCUT2D eigenvalue weighted by Crippen LogP contribution is 2.42. The van der Waals surface area contributed by atoms with Crippen molar-refractivity contribution in [3.05, 3.63) is 66.9 Å². The van der Waals surface area contributed by atoms with E-state index in [1.165, 1.54) is 15.0 Å². The van der Waals surface area contributed by atoms with Gasteiger partial charge in [0, 0.05) is 37.9 Å². The van der Waals surface area contributed by atoms with Crippen molar-refractivity contribution in [1.82, 2.24) is 15.3 Å². The number of anilines is 1. The van der Waals surface area contributed by atoms with Crippen LogP contribution in [-0.2, 0) is 0 Å². The van der Waals surface area contributed by atoms with Crippen LogP contribution in [0.5, 0.6) is 0 Å². The van der Waals surface area contributed by atoms with E-state index in [2.05, 4.69) is 63.7 Å². The summed E-state index contributed by atoms with van der Waals surface area (Å²) in [6.45, 7) is 4.01. The molecule has 2 aromatic heterocycles. The Hall–Kier alpha value is -2.41. The summed E-state index contributed by atoms with van der Waals surface area (Å²) in [5.74, 6) is 0. The Kier molecular flexibility index (Phi) is 4.99. The Labute approximate surface area is 172 Å². The van der Waals surface area contributed by atoms with Gasteiger partial charge in [0.05, 0.1) is 9.90 Å². The number of piperazine rings is 1. The average molecular weight is 405 g/mol. The number of nitrogens with one attached hydrogen (secondary N) is 1. The van der Waals surface area contributed by atoms with E-state index in [1.54, 1.807) is 23.1 Å². The minimum Gasteiger partial charge on any atom is -0.345 e. The molecule has 1 N–H and O–H groups in total. The standard InChI is InChI=1S/C22H20N4S2/c1-2-6-17-15-18(9-8-16(17)5-1)20-21(27-19-7-3-4-10-24-19)28-22(25-20)26-13-11-23-12-14-26/h1-10,15,23H,11-14H2. The van der Waals surface area contributed by atoms with E-state index in [0.717, 1.165) is 47.6 Å². The van der Waals surface area contributed by atoms with Gasteiger partial charge in [-0.2, -0.15) is 0 Å². The lowest BCUT2D eigenvalue weighted by Gasteiger charge is -2.26. The molecule has 0 bridgehead atoms. The summed E-state index contributed by atoms with van der Waals surface area (Å²) in [6, 6.07) is 21.1. The molecule has 0 atom stereocenters. The second-order valence-electron chi connectivity index (χ2n) is 6.70. The predicted molar refractivity (Wildman–Crippen MR) is 118 cm³/mol. The summed E-state index contributed by atoms with van der Waals surface area (Å²) in [4.78, 5) is 12.0. The molecule has 0 spiro atoms. The fourth-order valence-electron chi connectivity index (χ4n) is 3.38. The SMILES string of the molecule is c1ccc(Sc2sc(N3CCNCC3)nc2-c2ccc3ccccc3c2)nc1. The van der Waals surface area contributed by atoms with Crippen molar-refractivity contribution >= 4 is 39.0 Å². The molecule has 0 saturated carbocycles. The first kappa shape index (κ1) is 17.7. The zero-order valence-corrected chi connectivity index (χ0v) is 17.0. The maximum absolute atomic E-state index is 5.08. The highest BCUT2D eigenvalue weighted by Gasteiger charge is 2.20. The van der Waals surface area contributed by atoms with Crippen molar-refractivity contribution in [3.8, 4) is 11.3 Å². The van der Waals surface area contributed by atoms with Crippen molar-refractivity contribution in [2.75, 3.05) is 31.1 Å². The third kappa shape index (κ3) is 3.63. The number of nitrogens with zero attached hydrogens (tertiary/aromatic N) is 3. The fraction of sp³-hybridized carbons (Fsp3) is 0.182. The van der Waals surface area contributed by atoms with Crippen LogP contribution >= 0.6 is 23.1 Å². The number of aromatic nitrogens is 2. The number of rotatable bonds is 4. The van der Waals surface area contributed by atoms with Gasteiger partial charge in [0.15, 0.2) is 5.13 Å². The highest BCUT2D eigenvalue weighted by atomic mass is 32.2. The molecule has 4 aromatic rings. The van der Waals surface area contributed by atoms with Gasteiger partial charge >= 0.3 is 0 Å². The van der Waals surface area contributed by atoms with E-state index >= 15 is 0 Å². The molecule has 5 rings (SSSR count). The minimum absolute atomic E-state index is 0.998. The molecule has 1 aliphatic rings. The largest absolute Gasteiger partial charge is 0.345 e. The minimum atomic E-state index is 0.998. The first-order valence-electron chi connectivity index (χ1n) is 9.41. The first-order chi connectivity index (χ1) is 13.9. The maximum atomic E-state index is 5.08. The van der Waals surface area contributed by atoms with E-state index in [0.29, 0.717) is 0 Å². The van der Waals surface area contributed by atoms with E-state index in [-0.39, 0.29) is 0 Å². The summed E-state index contributed by atoms with van der Waals surface area (Å²) in [7, 11) is 0. The van der Waals surface area contributed by atoms with Gasteiger partial charge in [-0.25, -0.2) is 9.97 Å². The van der Waals surface area contributed by atoms with Crippen molar-refractivity contribution in [2.45, 2.75) is 9.24 Å². The number of fused-ring (bicyclic) bond motifs is 1. The van der Waals surface area contributed by atoms with Crippen LogP contribution < -0.4 is 10.2 Å². The van der Waals surface area contributed by atoms with Crippen molar-refractivity contribution < 1.29 is 0 Å². The molecule has 1 saturated heterocycles. The molecular formula is C22H20N4S2. The van der Waals surface area contributed by atoms with Crippen LogP contribution in [0.3, 0.4) is 0 Å². The lowest BCUT2D eigenvalue weighted by atomic mass is 10.1. The van der Waals surface area contributed by atoms with Gasteiger partial charge in [0.2, 0.25) is 0 Å². The zero-order valence-electron chi connectivity index (χ0n) is 15.3. The number of hydrogen-bond donors (Lipinski definition) is 1. The average Bonchev–Trinajstić information content (AvgIpc) is 3.18. The third-order valence-electron chi connectivity index (χ3n) is 4.83. The van der Waals surface area contributed by atoms with Crippen molar-refractivity contribution in [3.63, 3.8) is 0 Å². The molecule has 1 aliphatic heterocycles.